The molecule has 0 aromatic heterocycles. The molecular formula is C33H52O6. The highest BCUT2D eigenvalue weighted by molar-refractivity contribution is 5.90. The van der Waals surface area contributed by atoms with E-state index >= 15 is 0 Å². The predicted molar refractivity (Wildman–Crippen MR) is 150 cm³/mol. The summed E-state index contributed by atoms with van der Waals surface area (Å²) in [6, 6.07) is 0. The van der Waals surface area contributed by atoms with Crippen molar-refractivity contribution in [3.8, 4) is 0 Å². The van der Waals surface area contributed by atoms with Gasteiger partial charge in [-0.3, -0.25) is 4.79 Å². The molecule has 3 saturated carbocycles. The van der Waals surface area contributed by atoms with Crippen LogP contribution in [-0.2, 0) is 23.9 Å². The highest BCUT2D eigenvalue weighted by Crippen LogP contribution is 2.67. The Hall–Kier alpha value is -1.69. The van der Waals surface area contributed by atoms with E-state index in [4.69, 9.17) is 9.47 Å². The van der Waals surface area contributed by atoms with Crippen molar-refractivity contribution in [1.29, 1.82) is 0 Å². The molecule has 4 aliphatic carbocycles. The summed E-state index contributed by atoms with van der Waals surface area (Å²) in [6.07, 6.45) is 15.0. The van der Waals surface area contributed by atoms with Gasteiger partial charge < -0.3 is 14.6 Å². The van der Waals surface area contributed by atoms with Crippen LogP contribution < -0.4 is 0 Å². The molecule has 6 nitrogen and oxygen atoms in total. The van der Waals surface area contributed by atoms with Gasteiger partial charge in [0.15, 0.2) is 6.10 Å². The van der Waals surface area contributed by atoms with E-state index in [0.717, 1.165) is 36.5 Å². The standard InChI is InChI=1S/C33H52O6/c1-20(10-9-11-21(2)29(35)39-31(37)23(4)38-30(36)22(3)34)26-15-16-27-25-14-13-24-12-7-8-18-32(24,5)28(25)17-19-33(26,27)6/h13,20-23,25-28,34H,7-12,14-19H2,1-6H3/t20-,21?,22?,23?,25?,26-,27?,28?,32+,33-/m1/s1. The molecule has 0 radical (unpaired) electrons. The minimum atomic E-state index is -1.34. The van der Waals surface area contributed by atoms with Crippen LogP contribution in [0.3, 0.4) is 0 Å². The van der Waals surface area contributed by atoms with Crippen LogP contribution in [0.15, 0.2) is 11.6 Å². The van der Waals surface area contributed by atoms with Crippen LogP contribution in [0.2, 0.25) is 0 Å². The Morgan fingerprint density at radius 2 is 1.69 bits per heavy atom. The summed E-state index contributed by atoms with van der Waals surface area (Å²) in [5, 5.41) is 9.23. The van der Waals surface area contributed by atoms with Crippen LogP contribution in [-0.4, -0.2) is 35.2 Å². The van der Waals surface area contributed by atoms with Gasteiger partial charge in [0.1, 0.15) is 6.10 Å². The van der Waals surface area contributed by atoms with Crippen LogP contribution in [0.25, 0.3) is 0 Å². The lowest BCUT2D eigenvalue weighted by Crippen LogP contribution is -2.50. The third-order valence-electron chi connectivity index (χ3n) is 11.6. The Balaban J connectivity index is 1.26. The fourth-order valence-corrected chi connectivity index (χ4v) is 9.34. The van der Waals surface area contributed by atoms with Gasteiger partial charge in [-0.25, -0.2) is 9.59 Å². The lowest BCUT2D eigenvalue weighted by Gasteiger charge is -2.58. The van der Waals surface area contributed by atoms with Crippen LogP contribution in [0, 0.1) is 46.3 Å². The number of rotatable bonds is 9. The zero-order valence-corrected chi connectivity index (χ0v) is 25.2. The monoisotopic (exact) mass is 544 g/mol. The normalized spacial score (nSPS) is 36.7. The maximum Gasteiger partial charge on any atom is 0.354 e. The molecule has 0 heterocycles. The molecule has 6 heteroatoms. The van der Waals surface area contributed by atoms with Gasteiger partial charge in [0.25, 0.3) is 0 Å². The molecule has 4 rings (SSSR count). The van der Waals surface area contributed by atoms with E-state index in [0.29, 0.717) is 23.2 Å². The van der Waals surface area contributed by atoms with Crippen molar-refractivity contribution in [3.05, 3.63) is 11.6 Å². The summed E-state index contributed by atoms with van der Waals surface area (Å²) in [5.74, 6) is 1.11. The van der Waals surface area contributed by atoms with Crippen molar-refractivity contribution in [3.63, 3.8) is 0 Å². The molecule has 10 atom stereocenters. The molecule has 4 aliphatic rings. The third kappa shape index (κ3) is 6.01. The van der Waals surface area contributed by atoms with Gasteiger partial charge in [0.05, 0.1) is 5.92 Å². The van der Waals surface area contributed by atoms with E-state index in [-0.39, 0.29) is 0 Å². The molecule has 0 amide bonds. The summed E-state index contributed by atoms with van der Waals surface area (Å²) in [4.78, 5) is 36.1. The number of esters is 3. The number of allylic oxidation sites excluding steroid dienone is 2. The minimum Gasteiger partial charge on any atom is -0.449 e. The van der Waals surface area contributed by atoms with Crippen LogP contribution in [0.4, 0.5) is 0 Å². The van der Waals surface area contributed by atoms with Crippen LogP contribution in [0.1, 0.15) is 119 Å². The van der Waals surface area contributed by atoms with E-state index in [1.165, 1.54) is 71.6 Å². The SMILES string of the molecule is CC(O)C(=O)OC(C)C(=O)OC(=O)C(C)CCC[C@@H](C)[C@H]1CCC2C3CC=C4CCCC[C@]4(C)C3CC[C@@]21C. The molecule has 6 unspecified atom stereocenters. The average molecular weight is 545 g/mol. The number of ether oxygens (including phenoxy) is 2. The molecule has 0 spiro atoms. The number of hydrogen-bond acceptors (Lipinski definition) is 6. The maximum atomic E-state index is 12.5. The summed E-state index contributed by atoms with van der Waals surface area (Å²) >= 11 is 0. The number of fused-ring (bicyclic) bond motifs is 5. The molecule has 0 bridgehead atoms. The highest BCUT2D eigenvalue weighted by atomic mass is 16.6. The lowest BCUT2D eigenvalue weighted by molar-refractivity contribution is -0.177. The fourth-order valence-electron chi connectivity index (χ4n) is 9.34. The number of aliphatic hydroxyl groups excluding tert-OH is 1. The van der Waals surface area contributed by atoms with E-state index in [1.807, 2.05) is 0 Å². The van der Waals surface area contributed by atoms with E-state index < -0.39 is 36.0 Å². The second-order valence-corrected chi connectivity index (χ2v) is 14.0. The zero-order valence-electron chi connectivity index (χ0n) is 25.2. The summed E-state index contributed by atoms with van der Waals surface area (Å²) in [6.45, 7) is 12.0. The second-order valence-electron chi connectivity index (χ2n) is 14.0. The van der Waals surface area contributed by atoms with Crippen molar-refractivity contribution in [1.82, 2.24) is 0 Å². The number of aliphatic hydroxyl groups is 1. The first-order chi connectivity index (χ1) is 18.4. The molecule has 220 valence electrons. The van der Waals surface area contributed by atoms with Gasteiger partial charge in [-0.2, -0.15) is 0 Å². The Labute approximate surface area is 235 Å². The number of hydrogen-bond donors (Lipinski definition) is 1. The van der Waals surface area contributed by atoms with Crippen LogP contribution in [0.5, 0.6) is 0 Å². The van der Waals surface area contributed by atoms with Crippen molar-refractivity contribution < 1.29 is 29.0 Å². The Bertz CT molecular complexity index is 954. The quantitative estimate of drug-likeness (QED) is 0.195. The Morgan fingerprint density at radius 3 is 2.41 bits per heavy atom. The lowest BCUT2D eigenvalue weighted by atomic mass is 9.47. The smallest absolute Gasteiger partial charge is 0.354 e. The summed E-state index contributed by atoms with van der Waals surface area (Å²) in [5.41, 5.74) is 2.66. The van der Waals surface area contributed by atoms with Gasteiger partial charge >= 0.3 is 17.9 Å². The Kier molecular flexibility index (Phi) is 9.35. The van der Waals surface area contributed by atoms with Gasteiger partial charge in [-0.05, 0) is 112 Å². The highest BCUT2D eigenvalue weighted by Gasteiger charge is 2.58. The van der Waals surface area contributed by atoms with Crippen molar-refractivity contribution >= 4 is 17.9 Å². The maximum absolute atomic E-state index is 12.5. The van der Waals surface area contributed by atoms with Gasteiger partial charge in [-0.1, -0.05) is 58.6 Å². The largest absolute Gasteiger partial charge is 0.449 e. The molecule has 0 aromatic carbocycles. The number of carbonyl (C=O) groups excluding carboxylic acids is 3. The zero-order chi connectivity index (χ0) is 28.5. The van der Waals surface area contributed by atoms with Gasteiger partial charge in [0.2, 0.25) is 0 Å². The molecule has 1 N–H and O–H groups in total. The molecule has 0 aliphatic heterocycles. The molecule has 0 saturated heterocycles. The van der Waals surface area contributed by atoms with Crippen molar-refractivity contribution in [2.75, 3.05) is 0 Å². The first-order valence-electron chi connectivity index (χ1n) is 15.7. The topological polar surface area (TPSA) is 89.9 Å². The van der Waals surface area contributed by atoms with Crippen LogP contribution >= 0.6 is 0 Å². The molecule has 0 aromatic rings. The first kappa shape index (κ1) is 30.3. The van der Waals surface area contributed by atoms with Gasteiger partial charge in [0, 0.05) is 0 Å². The predicted octanol–water partition coefficient (Wildman–Crippen LogP) is 6.78. The van der Waals surface area contributed by atoms with Crippen molar-refractivity contribution in [2.24, 2.45) is 46.3 Å². The minimum absolute atomic E-state index is 0.400. The number of carbonyl (C=O) groups is 3. The summed E-state index contributed by atoms with van der Waals surface area (Å²) in [7, 11) is 0. The van der Waals surface area contributed by atoms with Gasteiger partial charge in [-0.15, -0.1) is 0 Å². The molecule has 39 heavy (non-hydrogen) atoms. The average Bonchev–Trinajstić information content (AvgIpc) is 3.25. The van der Waals surface area contributed by atoms with E-state index in [1.54, 1.807) is 12.5 Å². The summed E-state index contributed by atoms with van der Waals surface area (Å²) < 4.78 is 9.78. The van der Waals surface area contributed by atoms with Crippen molar-refractivity contribution in [2.45, 2.75) is 131 Å². The Morgan fingerprint density at radius 1 is 0.949 bits per heavy atom. The second kappa shape index (κ2) is 12.0. The fraction of sp³-hybridized carbons (Fsp3) is 0.848. The third-order valence-corrected chi connectivity index (χ3v) is 11.6. The van der Waals surface area contributed by atoms with E-state index in [2.05, 4.69) is 26.8 Å². The molecular weight excluding hydrogens is 492 g/mol. The van der Waals surface area contributed by atoms with E-state index in [9.17, 15) is 19.5 Å². The molecule has 3 fully saturated rings. The first-order valence-corrected chi connectivity index (χ1v) is 15.7.